The number of methoxy groups -OCH3 is 1. The van der Waals surface area contributed by atoms with E-state index in [-0.39, 0.29) is 48.6 Å². The lowest BCUT2D eigenvalue weighted by molar-refractivity contribution is -0.0908. The van der Waals surface area contributed by atoms with Gasteiger partial charge in [-0.15, -0.1) is 0 Å². The molecule has 0 bridgehead atoms. The predicted molar refractivity (Wildman–Crippen MR) is 174 cm³/mol. The number of carbonyl (C=O) groups is 1. The lowest BCUT2D eigenvalue weighted by atomic mass is 9.98. The molecule has 49 heavy (non-hydrogen) atoms. The van der Waals surface area contributed by atoms with Gasteiger partial charge in [0.05, 0.1) is 49.9 Å². The summed E-state index contributed by atoms with van der Waals surface area (Å²) in [5, 5.41) is 17.6. The smallest absolute Gasteiger partial charge is 0.407 e. The van der Waals surface area contributed by atoms with Crippen molar-refractivity contribution in [1.82, 2.24) is 14.9 Å². The fourth-order valence-electron chi connectivity index (χ4n) is 6.70. The number of aliphatic hydroxyl groups excluding tert-OH is 1. The molecule has 12 nitrogen and oxygen atoms in total. The van der Waals surface area contributed by atoms with E-state index in [1.54, 1.807) is 12.1 Å². The van der Waals surface area contributed by atoms with Crippen LogP contribution in [-0.2, 0) is 42.0 Å². The molecule has 0 aromatic heterocycles. The molecule has 3 heterocycles. The summed E-state index contributed by atoms with van der Waals surface area (Å²) in [4.78, 5) is 13.4. The maximum atomic E-state index is 14.2. The van der Waals surface area contributed by atoms with E-state index < -0.39 is 58.8 Å². The largest absolute Gasteiger partial charge is 0.497 e. The van der Waals surface area contributed by atoms with Crippen molar-refractivity contribution in [3.63, 3.8) is 0 Å². The Morgan fingerprint density at radius 1 is 1.06 bits per heavy atom. The standard InChI is InChI=1S/C34H47F2N3O9S/c1-3-37-28-20-46-33-32(28)30(21-47-33)48-34(41)38-27(15-22-13-24(35)17-25(36)14-22)29(40)18-39-11-7-5-4-6-8-12-45-19-23-16-26(44-2)9-10-31(23)49(39,42)43/h9-10,13-14,16-17,27-30,32-33,37,40H,3-8,11-12,15,18-21H2,1-2H3,(H,38,41)/t27-,28-,29+,30-,32-,33+/m0/s1. The molecule has 3 N–H and O–H groups in total. The highest BCUT2D eigenvalue weighted by molar-refractivity contribution is 7.89. The topological polar surface area (TPSA) is 145 Å². The molecule has 6 atom stereocenters. The molecule has 15 heteroatoms. The number of fused-ring (bicyclic) bond motifs is 2. The molecule has 3 aliphatic rings. The number of halogens is 2. The summed E-state index contributed by atoms with van der Waals surface area (Å²) in [5.74, 6) is -1.44. The first-order chi connectivity index (χ1) is 23.6. The van der Waals surface area contributed by atoms with Crippen LogP contribution >= 0.6 is 0 Å². The zero-order valence-corrected chi connectivity index (χ0v) is 28.8. The molecule has 2 fully saturated rings. The van der Waals surface area contributed by atoms with Crippen LogP contribution < -0.4 is 15.4 Å². The van der Waals surface area contributed by atoms with Crippen LogP contribution in [0.5, 0.6) is 5.75 Å². The van der Waals surface area contributed by atoms with Gasteiger partial charge in [-0.25, -0.2) is 22.0 Å². The van der Waals surface area contributed by atoms with Crippen molar-refractivity contribution in [3.8, 4) is 5.75 Å². The Morgan fingerprint density at radius 3 is 2.55 bits per heavy atom. The molecule has 0 radical (unpaired) electrons. The number of carbonyl (C=O) groups excluding carboxylic acids is 1. The van der Waals surface area contributed by atoms with E-state index in [9.17, 15) is 27.1 Å². The molecule has 0 aliphatic carbocycles. The van der Waals surface area contributed by atoms with Crippen LogP contribution in [0.3, 0.4) is 0 Å². The Hall–Kier alpha value is -2.92. The van der Waals surface area contributed by atoms with Crippen molar-refractivity contribution in [2.75, 3.05) is 46.6 Å². The number of nitrogens with one attached hydrogen (secondary N) is 2. The maximum Gasteiger partial charge on any atom is 0.407 e. The summed E-state index contributed by atoms with van der Waals surface area (Å²) < 4.78 is 86.4. The van der Waals surface area contributed by atoms with Crippen LogP contribution in [0.1, 0.15) is 50.2 Å². The fourth-order valence-corrected chi connectivity index (χ4v) is 8.39. The first kappa shape index (κ1) is 37.3. The van der Waals surface area contributed by atoms with Gasteiger partial charge in [0, 0.05) is 37.4 Å². The minimum absolute atomic E-state index is 0.0145. The summed E-state index contributed by atoms with van der Waals surface area (Å²) in [6, 6.07) is 6.27. The SMILES string of the molecule is CCN[C@H]1CO[C@@H]2OC[C@H](OC(=O)N[C@@H](Cc3cc(F)cc(F)c3)[C@H](O)CN3CCCCCCCOCc4cc(OC)ccc4S3(=O)=O)[C@@H]21. The number of hydrogen-bond acceptors (Lipinski definition) is 10. The lowest BCUT2D eigenvalue weighted by Gasteiger charge is -2.31. The van der Waals surface area contributed by atoms with Crippen molar-refractivity contribution < 1.29 is 50.8 Å². The quantitative estimate of drug-likeness (QED) is 0.335. The van der Waals surface area contributed by atoms with Gasteiger partial charge in [-0.2, -0.15) is 4.31 Å². The number of alkyl carbamates (subject to hydrolysis) is 1. The van der Waals surface area contributed by atoms with Gasteiger partial charge in [0.15, 0.2) is 6.29 Å². The molecule has 0 unspecified atom stereocenters. The van der Waals surface area contributed by atoms with Gasteiger partial charge in [-0.05, 0) is 61.7 Å². The Labute approximate surface area is 286 Å². The van der Waals surface area contributed by atoms with Gasteiger partial charge in [0.1, 0.15) is 23.5 Å². The molecule has 3 aliphatic heterocycles. The molecule has 2 aromatic rings. The number of likely N-dealkylation sites (N-methyl/N-ethyl adjacent to an activating group) is 1. The van der Waals surface area contributed by atoms with Gasteiger partial charge in [-0.3, -0.25) is 0 Å². The predicted octanol–water partition coefficient (Wildman–Crippen LogP) is 3.49. The molecule has 272 valence electrons. The minimum Gasteiger partial charge on any atom is -0.497 e. The van der Waals surface area contributed by atoms with Crippen molar-refractivity contribution in [2.24, 2.45) is 5.92 Å². The summed E-state index contributed by atoms with van der Waals surface area (Å²) >= 11 is 0. The second kappa shape index (κ2) is 17.3. The Kier molecular flexibility index (Phi) is 13.2. The van der Waals surface area contributed by atoms with E-state index in [0.29, 0.717) is 37.5 Å². The van der Waals surface area contributed by atoms with E-state index in [0.717, 1.165) is 43.9 Å². The average Bonchev–Trinajstić information content (AvgIpc) is 3.65. The first-order valence-electron chi connectivity index (χ1n) is 16.9. The molecular formula is C34H47F2N3O9S. The van der Waals surface area contributed by atoms with Gasteiger partial charge < -0.3 is 39.4 Å². The van der Waals surface area contributed by atoms with E-state index in [1.807, 2.05) is 6.92 Å². The lowest BCUT2D eigenvalue weighted by Crippen LogP contribution is -2.52. The van der Waals surface area contributed by atoms with Crippen LogP contribution in [0.15, 0.2) is 41.3 Å². The van der Waals surface area contributed by atoms with Crippen molar-refractivity contribution >= 4 is 16.1 Å². The molecule has 0 spiro atoms. The number of rotatable bonds is 10. The average molecular weight is 712 g/mol. The molecule has 1 amide bonds. The van der Waals surface area contributed by atoms with E-state index in [2.05, 4.69) is 10.6 Å². The van der Waals surface area contributed by atoms with Crippen LogP contribution in [-0.4, -0.2) is 101 Å². The maximum absolute atomic E-state index is 14.2. The van der Waals surface area contributed by atoms with Gasteiger partial charge >= 0.3 is 6.09 Å². The molecule has 2 saturated heterocycles. The number of hydrogen-bond donors (Lipinski definition) is 3. The molecular weight excluding hydrogens is 664 g/mol. The van der Waals surface area contributed by atoms with E-state index in [1.165, 1.54) is 17.5 Å². The summed E-state index contributed by atoms with van der Waals surface area (Å²) in [6.07, 6.45) is 0.156. The number of aliphatic hydroxyl groups is 1. The van der Waals surface area contributed by atoms with Crippen molar-refractivity contribution in [2.45, 2.75) is 87.5 Å². The van der Waals surface area contributed by atoms with Crippen LogP contribution in [0.4, 0.5) is 13.6 Å². The summed E-state index contributed by atoms with van der Waals surface area (Å²) in [5.41, 5.74) is 0.570. The number of benzene rings is 2. The third kappa shape index (κ3) is 9.66. The van der Waals surface area contributed by atoms with Crippen LogP contribution in [0.2, 0.25) is 0 Å². The number of β-amino-alcohol motifs (C(OH)–C–C–N with tert-alkyl or cyclic N) is 1. The fraction of sp³-hybridized carbons (Fsp3) is 0.618. The number of amides is 1. The highest BCUT2D eigenvalue weighted by Gasteiger charge is 2.49. The summed E-state index contributed by atoms with van der Waals surface area (Å²) in [7, 11) is -2.71. The third-order valence-corrected chi connectivity index (χ3v) is 11.1. The van der Waals surface area contributed by atoms with Crippen molar-refractivity contribution in [3.05, 3.63) is 59.2 Å². The van der Waals surface area contributed by atoms with E-state index >= 15 is 0 Å². The van der Waals surface area contributed by atoms with Crippen LogP contribution in [0.25, 0.3) is 0 Å². The Balaban J connectivity index is 1.39. The second-order valence-electron chi connectivity index (χ2n) is 12.7. The Morgan fingerprint density at radius 2 is 1.80 bits per heavy atom. The first-order valence-corrected chi connectivity index (χ1v) is 18.3. The van der Waals surface area contributed by atoms with Gasteiger partial charge in [0.25, 0.3) is 0 Å². The van der Waals surface area contributed by atoms with Crippen LogP contribution in [0, 0.1) is 17.6 Å². The summed E-state index contributed by atoms with van der Waals surface area (Å²) in [6.45, 7) is 3.36. The number of nitrogens with zero attached hydrogens (tertiary/aromatic N) is 1. The number of sulfonamides is 1. The van der Waals surface area contributed by atoms with Crippen molar-refractivity contribution in [1.29, 1.82) is 0 Å². The highest BCUT2D eigenvalue weighted by Crippen LogP contribution is 2.34. The Bertz CT molecular complexity index is 1500. The zero-order chi connectivity index (χ0) is 35.0. The monoisotopic (exact) mass is 711 g/mol. The minimum atomic E-state index is -4.19. The molecule has 2 aromatic carbocycles. The zero-order valence-electron chi connectivity index (χ0n) is 27.9. The van der Waals surface area contributed by atoms with E-state index in [4.69, 9.17) is 23.7 Å². The van der Waals surface area contributed by atoms with Gasteiger partial charge in [0.2, 0.25) is 10.0 Å². The second-order valence-corrected chi connectivity index (χ2v) is 14.6. The van der Waals surface area contributed by atoms with Gasteiger partial charge in [-0.1, -0.05) is 26.2 Å². The normalized spacial score (nSPS) is 25.9. The third-order valence-electron chi connectivity index (χ3n) is 9.17. The highest BCUT2D eigenvalue weighted by atomic mass is 32.2. The number of ether oxygens (including phenoxy) is 5. The molecule has 0 saturated carbocycles. The molecule has 5 rings (SSSR count).